The summed E-state index contributed by atoms with van der Waals surface area (Å²) in [5.41, 5.74) is 7.19. The summed E-state index contributed by atoms with van der Waals surface area (Å²) < 4.78 is 12.8. The molecule has 4 unspecified atom stereocenters. The van der Waals surface area contributed by atoms with Gasteiger partial charge in [-0.25, -0.2) is 0 Å². The summed E-state index contributed by atoms with van der Waals surface area (Å²) >= 11 is 0. The molecule has 46 heavy (non-hydrogen) atoms. The SMILES string of the molecule is CC(c1ccccc1)c1cc(C(C)c2ccccc2)c(OCC(O)COc2cccc3ccccc23)c(C(C)c2ccccc2)c1. The van der Waals surface area contributed by atoms with Crippen molar-refractivity contribution in [2.75, 3.05) is 13.2 Å². The molecule has 0 aliphatic carbocycles. The molecular formula is C43H42O3. The third-order valence-electron chi connectivity index (χ3n) is 9.10. The Morgan fingerprint density at radius 3 is 1.50 bits per heavy atom. The fourth-order valence-corrected chi connectivity index (χ4v) is 6.27. The van der Waals surface area contributed by atoms with E-state index in [2.05, 4.69) is 136 Å². The number of hydrogen-bond donors (Lipinski definition) is 1. The van der Waals surface area contributed by atoms with Crippen LogP contribution in [0.25, 0.3) is 10.8 Å². The summed E-state index contributed by atoms with van der Waals surface area (Å²) in [6.07, 6.45) is -0.818. The highest BCUT2D eigenvalue weighted by Gasteiger charge is 2.25. The molecule has 6 aromatic carbocycles. The summed E-state index contributed by atoms with van der Waals surface area (Å²) in [6.45, 7) is 7.00. The molecule has 0 amide bonds. The molecule has 4 atom stereocenters. The van der Waals surface area contributed by atoms with Crippen molar-refractivity contribution < 1.29 is 14.6 Å². The van der Waals surface area contributed by atoms with Crippen LogP contribution in [0, 0.1) is 0 Å². The quantitative estimate of drug-likeness (QED) is 0.151. The fourth-order valence-electron chi connectivity index (χ4n) is 6.27. The smallest absolute Gasteiger partial charge is 0.127 e. The summed E-state index contributed by atoms with van der Waals surface area (Å²) in [5, 5.41) is 13.3. The maximum atomic E-state index is 11.2. The van der Waals surface area contributed by atoms with Gasteiger partial charge in [0.1, 0.15) is 30.8 Å². The van der Waals surface area contributed by atoms with E-state index in [1.807, 2.05) is 30.3 Å². The number of fused-ring (bicyclic) bond motifs is 1. The summed E-state index contributed by atoms with van der Waals surface area (Å²) in [6, 6.07) is 50.6. The van der Waals surface area contributed by atoms with E-state index in [-0.39, 0.29) is 31.0 Å². The topological polar surface area (TPSA) is 38.7 Å². The van der Waals surface area contributed by atoms with Crippen LogP contribution >= 0.6 is 0 Å². The van der Waals surface area contributed by atoms with Crippen molar-refractivity contribution in [2.24, 2.45) is 0 Å². The Morgan fingerprint density at radius 2 is 0.935 bits per heavy atom. The molecule has 0 radical (unpaired) electrons. The van der Waals surface area contributed by atoms with Crippen molar-refractivity contribution in [2.45, 2.75) is 44.6 Å². The van der Waals surface area contributed by atoms with Gasteiger partial charge in [0.25, 0.3) is 0 Å². The Balaban J connectivity index is 1.36. The third kappa shape index (κ3) is 7.01. The molecule has 0 spiro atoms. The molecule has 0 saturated carbocycles. The molecule has 0 bridgehead atoms. The predicted molar refractivity (Wildman–Crippen MR) is 189 cm³/mol. The predicted octanol–water partition coefficient (Wildman–Crippen LogP) is 10.1. The Hall–Kier alpha value is -4.86. The van der Waals surface area contributed by atoms with Gasteiger partial charge in [-0.05, 0) is 33.7 Å². The standard InChI is InChI=1S/C43H42O3/c1-30(33-16-7-4-8-17-33)37-26-40(31(2)34-18-9-5-10-19-34)43(41(27-37)32(3)35-20-11-6-12-21-35)46-29-38(44)28-45-42-25-15-23-36-22-13-14-24-39(36)42/h4-27,30-32,38,44H,28-29H2,1-3H3. The van der Waals surface area contributed by atoms with Crippen molar-refractivity contribution in [3.05, 3.63) is 179 Å². The van der Waals surface area contributed by atoms with Gasteiger partial charge >= 0.3 is 0 Å². The Kier molecular flexibility index (Phi) is 9.81. The lowest BCUT2D eigenvalue weighted by Gasteiger charge is -2.27. The molecule has 3 heteroatoms. The lowest BCUT2D eigenvalue weighted by Crippen LogP contribution is -2.26. The molecule has 6 rings (SSSR count). The van der Waals surface area contributed by atoms with Crippen molar-refractivity contribution in [1.29, 1.82) is 0 Å². The molecule has 0 saturated heterocycles. The normalized spacial score (nSPS) is 13.9. The van der Waals surface area contributed by atoms with Crippen molar-refractivity contribution in [1.82, 2.24) is 0 Å². The van der Waals surface area contributed by atoms with Gasteiger partial charge < -0.3 is 14.6 Å². The number of ether oxygens (including phenoxy) is 2. The minimum Gasteiger partial charge on any atom is -0.490 e. The zero-order valence-corrected chi connectivity index (χ0v) is 26.8. The average Bonchev–Trinajstić information content (AvgIpc) is 3.13. The van der Waals surface area contributed by atoms with Crippen molar-refractivity contribution in [3.8, 4) is 11.5 Å². The minimum absolute atomic E-state index is 0.0740. The summed E-state index contributed by atoms with van der Waals surface area (Å²) in [4.78, 5) is 0. The fraction of sp³-hybridized carbons (Fsp3) is 0.209. The lowest BCUT2D eigenvalue weighted by molar-refractivity contribution is 0.0624. The van der Waals surface area contributed by atoms with Crippen LogP contribution in [0.5, 0.6) is 11.5 Å². The van der Waals surface area contributed by atoms with E-state index in [0.29, 0.717) is 0 Å². The maximum absolute atomic E-state index is 11.2. The van der Waals surface area contributed by atoms with E-state index < -0.39 is 6.10 Å². The molecule has 0 aliphatic rings. The van der Waals surface area contributed by atoms with Crippen LogP contribution in [0.2, 0.25) is 0 Å². The Bertz CT molecular complexity index is 1780. The van der Waals surface area contributed by atoms with Gasteiger partial charge in [0.2, 0.25) is 0 Å². The second-order valence-corrected chi connectivity index (χ2v) is 12.2. The molecule has 6 aromatic rings. The van der Waals surface area contributed by atoms with E-state index in [4.69, 9.17) is 9.47 Å². The van der Waals surface area contributed by atoms with E-state index in [1.165, 1.54) is 22.3 Å². The largest absolute Gasteiger partial charge is 0.490 e. The van der Waals surface area contributed by atoms with Crippen LogP contribution in [0.3, 0.4) is 0 Å². The van der Waals surface area contributed by atoms with Gasteiger partial charge in [-0.1, -0.05) is 160 Å². The zero-order chi connectivity index (χ0) is 31.9. The highest BCUT2D eigenvalue weighted by Crippen LogP contribution is 2.43. The summed E-state index contributed by atoms with van der Waals surface area (Å²) in [5.74, 6) is 1.93. The van der Waals surface area contributed by atoms with Crippen LogP contribution in [0.4, 0.5) is 0 Å². The molecule has 0 heterocycles. The molecular weight excluding hydrogens is 564 g/mol. The van der Waals surface area contributed by atoms with Crippen LogP contribution < -0.4 is 9.47 Å². The number of aliphatic hydroxyl groups is 1. The third-order valence-corrected chi connectivity index (χ3v) is 9.10. The van der Waals surface area contributed by atoms with Crippen LogP contribution in [-0.4, -0.2) is 24.4 Å². The van der Waals surface area contributed by atoms with E-state index >= 15 is 0 Å². The number of hydrogen-bond acceptors (Lipinski definition) is 3. The first-order valence-electron chi connectivity index (χ1n) is 16.2. The second-order valence-electron chi connectivity index (χ2n) is 12.2. The monoisotopic (exact) mass is 606 g/mol. The van der Waals surface area contributed by atoms with Crippen LogP contribution in [0.1, 0.15) is 71.9 Å². The van der Waals surface area contributed by atoms with E-state index in [0.717, 1.165) is 33.4 Å². The second kappa shape index (κ2) is 14.5. The Labute approximate surface area is 273 Å². The molecule has 0 aromatic heterocycles. The summed E-state index contributed by atoms with van der Waals surface area (Å²) in [7, 11) is 0. The van der Waals surface area contributed by atoms with E-state index in [1.54, 1.807) is 0 Å². The number of benzene rings is 6. The van der Waals surface area contributed by atoms with Gasteiger partial charge in [-0.2, -0.15) is 0 Å². The molecule has 232 valence electrons. The van der Waals surface area contributed by atoms with E-state index in [9.17, 15) is 5.11 Å². The maximum Gasteiger partial charge on any atom is 0.127 e. The number of rotatable bonds is 12. The van der Waals surface area contributed by atoms with Gasteiger partial charge in [0.15, 0.2) is 0 Å². The molecule has 3 nitrogen and oxygen atoms in total. The first-order valence-corrected chi connectivity index (χ1v) is 16.2. The van der Waals surface area contributed by atoms with Gasteiger partial charge in [0, 0.05) is 34.3 Å². The van der Waals surface area contributed by atoms with Crippen molar-refractivity contribution >= 4 is 10.8 Å². The highest BCUT2D eigenvalue weighted by molar-refractivity contribution is 5.88. The minimum atomic E-state index is -0.818. The van der Waals surface area contributed by atoms with Gasteiger partial charge in [-0.3, -0.25) is 0 Å². The zero-order valence-electron chi connectivity index (χ0n) is 26.8. The van der Waals surface area contributed by atoms with Gasteiger partial charge in [-0.15, -0.1) is 0 Å². The first kappa shape index (κ1) is 31.1. The molecule has 1 N–H and O–H groups in total. The number of aliphatic hydroxyl groups excluding tert-OH is 1. The van der Waals surface area contributed by atoms with Crippen LogP contribution in [-0.2, 0) is 0 Å². The van der Waals surface area contributed by atoms with Crippen LogP contribution in [0.15, 0.2) is 146 Å². The molecule has 0 aliphatic heterocycles. The highest BCUT2D eigenvalue weighted by atomic mass is 16.5. The average molecular weight is 607 g/mol. The van der Waals surface area contributed by atoms with Gasteiger partial charge in [0.05, 0.1) is 0 Å². The van der Waals surface area contributed by atoms with Crippen molar-refractivity contribution in [3.63, 3.8) is 0 Å². The first-order chi connectivity index (χ1) is 22.5. The Morgan fingerprint density at radius 1 is 0.478 bits per heavy atom. The molecule has 0 fully saturated rings. The lowest BCUT2D eigenvalue weighted by atomic mass is 9.81.